The van der Waals surface area contributed by atoms with Crippen molar-refractivity contribution in [2.75, 3.05) is 26.7 Å². The Hall–Kier alpha value is -2.61. The van der Waals surface area contributed by atoms with E-state index in [9.17, 15) is 18.0 Å². The number of benzene rings is 1. The van der Waals surface area contributed by atoms with E-state index in [-0.39, 0.29) is 17.5 Å². The van der Waals surface area contributed by atoms with Crippen LogP contribution in [0.4, 0.5) is 13.2 Å². The predicted molar refractivity (Wildman–Crippen MR) is 115 cm³/mol. The molecule has 0 spiro atoms. The summed E-state index contributed by atoms with van der Waals surface area (Å²) in [5.74, 6) is 0.628. The van der Waals surface area contributed by atoms with Gasteiger partial charge in [0.05, 0.1) is 12.7 Å². The SMILES string of the molecule is COc1ccc([C@H]2CCC[C@H]3CN(C(=O)c4ccc(C(F)(F)F)nc4)CCN32)c(C)c1C. The Bertz CT molecular complexity index is 991. The number of hydrogen-bond donors (Lipinski definition) is 0. The largest absolute Gasteiger partial charge is 0.496 e. The topological polar surface area (TPSA) is 45.7 Å². The van der Waals surface area contributed by atoms with Crippen molar-refractivity contribution in [3.8, 4) is 5.75 Å². The number of carbonyl (C=O) groups excluding carboxylic acids is 1. The minimum absolute atomic E-state index is 0.195. The minimum atomic E-state index is -4.51. The number of halogens is 3. The monoisotopic (exact) mass is 447 g/mol. The van der Waals surface area contributed by atoms with Crippen molar-refractivity contribution < 1.29 is 22.7 Å². The van der Waals surface area contributed by atoms with Gasteiger partial charge in [0.25, 0.3) is 5.91 Å². The van der Waals surface area contributed by atoms with Crippen LogP contribution in [-0.4, -0.2) is 53.5 Å². The van der Waals surface area contributed by atoms with Gasteiger partial charge in [0.1, 0.15) is 11.4 Å². The Morgan fingerprint density at radius 2 is 1.88 bits per heavy atom. The normalized spacial score (nSPS) is 21.9. The van der Waals surface area contributed by atoms with E-state index in [2.05, 4.69) is 29.8 Å². The lowest BCUT2D eigenvalue weighted by Crippen LogP contribution is -2.57. The summed E-state index contributed by atoms with van der Waals surface area (Å²) in [7, 11) is 1.68. The van der Waals surface area contributed by atoms with Gasteiger partial charge >= 0.3 is 6.18 Å². The number of alkyl halides is 3. The molecule has 0 saturated carbocycles. The first kappa shape index (κ1) is 22.6. The molecule has 1 amide bonds. The molecular formula is C24H28F3N3O2. The summed E-state index contributed by atoms with van der Waals surface area (Å²) < 4.78 is 43.7. The molecule has 1 aromatic carbocycles. The van der Waals surface area contributed by atoms with E-state index in [1.807, 2.05) is 6.07 Å². The lowest BCUT2D eigenvalue weighted by atomic mass is 9.86. The Kier molecular flexibility index (Phi) is 6.16. The first-order valence-corrected chi connectivity index (χ1v) is 10.9. The Balaban J connectivity index is 1.49. The number of amides is 1. The maximum Gasteiger partial charge on any atom is 0.433 e. The quantitative estimate of drug-likeness (QED) is 0.680. The molecule has 0 N–H and O–H groups in total. The number of rotatable bonds is 3. The van der Waals surface area contributed by atoms with E-state index < -0.39 is 11.9 Å². The molecule has 0 aliphatic carbocycles. The van der Waals surface area contributed by atoms with Gasteiger partial charge in [-0.2, -0.15) is 13.2 Å². The molecule has 2 aromatic rings. The van der Waals surface area contributed by atoms with Crippen molar-refractivity contribution in [3.05, 3.63) is 58.4 Å². The number of pyridine rings is 1. The molecule has 0 unspecified atom stereocenters. The van der Waals surface area contributed by atoms with Gasteiger partial charge in [-0.05, 0) is 68.0 Å². The third-order valence-electron chi connectivity index (χ3n) is 6.89. The lowest BCUT2D eigenvalue weighted by molar-refractivity contribution is -0.141. The highest BCUT2D eigenvalue weighted by Gasteiger charge is 2.38. The third-order valence-corrected chi connectivity index (χ3v) is 6.89. The predicted octanol–water partition coefficient (Wildman–Crippen LogP) is 4.78. The highest BCUT2D eigenvalue weighted by molar-refractivity contribution is 5.94. The van der Waals surface area contributed by atoms with Crippen LogP contribution in [0.25, 0.3) is 0 Å². The van der Waals surface area contributed by atoms with Gasteiger partial charge in [-0.25, -0.2) is 0 Å². The van der Waals surface area contributed by atoms with E-state index in [1.54, 1.807) is 12.0 Å². The molecule has 8 heteroatoms. The second-order valence-corrected chi connectivity index (χ2v) is 8.63. The van der Waals surface area contributed by atoms with Crippen LogP contribution in [0.5, 0.6) is 5.75 Å². The fraction of sp³-hybridized carbons (Fsp3) is 0.500. The zero-order valence-corrected chi connectivity index (χ0v) is 18.6. The molecule has 2 aliphatic heterocycles. The van der Waals surface area contributed by atoms with Gasteiger partial charge in [-0.3, -0.25) is 14.7 Å². The Morgan fingerprint density at radius 3 is 2.53 bits per heavy atom. The fourth-order valence-corrected chi connectivity index (χ4v) is 5.04. The van der Waals surface area contributed by atoms with Crippen LogP contribution in [0.3, 0.4) is 0 Å². The Morgan fingerprint density at radius 1 is 1.09 bits per heavy atom. The average molecular weight is 448 g/mol. The second-order valence-electron chi connectivity index (χ2n) is 8.63. The Labute approximate surface area is 186 Å². The lowest BCUT2D eigenvalue weighted by Gasteiger charge is -2.48. The summed E-state index contributed by atoms with van der Waals surface area (Å²) in [4.78, 5) is 20.6. The zero-order chi connectivity index (χ0) is 23.0. The maximum atomic E-state index is 12.9. The molecule has 0 bridgehead atoms. The highest BCUT2D eigenvalue weighted by atomic mass is 19.4. The van der Waals surface area contributed by atoms with Crippen LogP contribution < -0.4 is 4.74 Å². The van der Waals surface area contributed by atoms with E-state index >= 15 is 0 Å². The number of methoxy groups -OCH3 is 1. The van der Waals surface area contributed by atoms with E-state index in [0.717, 1.165) is 49.4 Å². The maximum absolute atomic E-state index is 12.9. The number of piperidine rings is 1. The van der Waals surface area contributed by atoms with E-state index in [4.69, 9.17) is 4.74 Å². The van der Waals surface area contributed by atoms with Gasteiger partial charge in [0.15, 0.2) is 0 Å². The van der Waals surface area contributed by atoms with Crippen LogP contribution in [0, 0.1) is 13.8 Å². The number of carbonyl (C=O) groups is 1. The number of piperazine rings is 1. The summed E-state index contributed by atoms with van der Waals surface area (Å²) in [5.41, 5.74) is 2.90. The summed E-state index contributed by atoms with van der Waals surface area (Å²) in [6.45, 7) is 6.06. The van der Waals surface area contributed by atoms with Crippen LogP contribution in [0.1, 0.15) is 58.0 Å². The standard InChI is InChI=1S/C24H28F3N3O2/c1-15-16(2)21(32-3)9-8-19(15)20-6-4-5-18-14-29(11-12-30(18)20)23(31)17-7-10-22(28-13-17)24(25,26)27/h7-10,13,18,20H,4-6,11-12,14H2,1-3H3/t18-,20+/m0/s1. The third kappa shape index (κ3) is 4.20. The van der Waals surface area contributed by atoms with E-state index in [1.165, 1.54) is 17.2 Å². The molecule has 5 nitrogen and oxygen atoms in total. The molecule has 32 heavy (non-hydrogen) atoms. The number of aromatic nitrogens is 1. The molecule has 2 aliphatic rings. The van der Waals surface area contributed by atoms with E-state index in [0.29, 0.717) is 19.1 Å². The summed E-state index contributed by atoms with van der Waals surface area (Å²) in [6.07, 6.45) is -0.341. The van der Waals surface area contributed by atoms with Crippen molar-refractivity contribution in [2.24, 2.45) is 0 Å². The fourth-order valence-electron chi connectivity index (χ4n) is 5.04. The van der Waals surface area contributed by atoms with Crippen molar-refractivity contribution in [1.29, 1.82) is 0 Å². The number of ether oxygens (including phenoxy) is 1. The first-order chi connectivity index (χ1) is 15.2. The molecule has 4 rings (SSSR count). The summed E-state index contributed by atoms with van der Waals surface area (Å²) >= 11 is 0. The smallest absolute Gasteiger partial charge is 0.433 e. The molecule has 3 heterocycles. The molecule has 2 saturated heterocycles. The molecule has 2 fully saturated rings. The number of fused-ring (bicyclic) bond motifs is 1. The number of nitrogens with zero attached hydrogens (tertiary/aromatic N) is 3. The van der Waals surface area contributed by atoms with Crippen LogP contribution >= 0.6 is 0 Å². The molecule has 2 atom stereocenters. The first-order valence-electron chi connectivity index (χ1n) is 10.9. The average Bonchev–Trinajstić information content (AvgIpc) is 2.79. The zero-order valence-electron chi connectivity index (χ0n) is 18.6. The highest BCUT2D eigenvalue weighted by Crippen LogP contribution is 2.39. The summed E-state index contributed by atoms with van der Waals surface area (Å²) in [6, 6.07) is 6.80. The van der Waals surface area contributed by atoms with Gasteiger partial charge in [-0.15, -0.1) is 0 Å². The molecule has 1 aromatic heterocycles. The van der Waals surface area contributed by atoms with Gasteiger partial charge < -0.3 is 9.64 Å². The van der Waals surface area contributed by atoms with Crippen molar-refractivity contribution in [2.45, 2.75) is 51.4 Å². The van der Waals surface area contributed by atoms with Crippen LogP contribution in [-0.2, 0) is 6.18 Å². The second kappa shape index (κ2) is 8.73. The van der Waals surface area contributed by atoms with Gasteiger partial charge in [0.2, 0.25) is 0 Å². The van der Waals surface area contributed by atoms with Gasteiger partial charge in [-0.1, -0.05) is 6.07 Å². The van der Waals surface area contributed by atoms with Crippen LogP contribution in [0.2, 0.25) is 0 Å². The van der Waals surface area contributed by atoms with Gasteiger partial charge in [0, 0.05) is 37.9 Å². The van der Waals surface area contributed by atoms with Crippen LogP contribution in [0.15, 0.2) is 30.5 Å². The van der Waals surface area contributed by atoms with Crippen molar-refractivity contribution in [1.82, 2.24) is 14.8 Å². The molecule has 172 valence electrons. The van der Waals surface area contributed by atoms with Crippen molar-refractivity contribution >= 4 is 5.91 Å². The minimum Gasteiger partial charge on any atom is -0.496 e. The number of hydrogen-bond acceptors (Lipinski definition) is 4. The summed E-state index contributed by atoms with van der Waals surface area (Å²) in [5, 5.41) is 0. The van der Waals surface area contributed by atoms with Crippen molar-refractivity contribution in [3.63, 3.8) is 0 Å². The molecule has 0 radical (unpaired) electrons. The molecular weight excluding hydrogens is 419 g/mol.